The molecule has 0 heterocycles. The molecule has 1 rings (SSSR count). The Morgan fingerprint density at radius 2 is 2.12 bits per heavy atom. The van der Waals surface area contributed by atoms with Crippen LogP contribution in [0.2, 0.25) is 0 Å². The van der Waals surface area contributed by atoms with E-state index >= 15 is 0 Å². The molecule has 1 saturated carbocycles. The molecule has 16 heavy (non-hydrogen) atoms. The Bertz CT molecular complexity index is 264. The van der Waals surface area contributed by atoms with Crippen molar-refractivity contribution >= 4 is 11.9 Å². The molecule has 0 aliphatic heterocycles. The van der Waals surface area contributed by atoms with Crippen molar-refractivity contribution in [3.05, 3.63) is 0 Å². The van der Waals surface area contributed by atoms with Gasteiger partial charge >= 0.3 is 5.97 Å². The number of nitrogens with two attached hydrogens (primary N) is 1. The fourth-order valence-electron chi connectivity index (χ4n) is 1.70. The first-order valence-corrected chi connectivity index (χ1v) is 5.82. The van der Waals surface area contributed by atoms with Crippen LogP contribution in [0.5, 0.6) is 0 Å². The zero-order valence-corrected chi connectivity index (χ0v) is 9.61. The zero-order chi connectivity index (χ0) is 12.1. The third kappa shape index (κ3) is 4.18. The molecule has 0 aromatic rings. The number of rotatable bonds is 7. The van der Waals surface area contributed by atoms with Gasteiger partial charge in [0, 0.05) is 12.5 Å². The molecular weight excluding hydrogens is 208 g/mol. The van der Waals surface area contributed by atoms with Gasteiger partial charge in [0.05, 0.1) is 0 Å². The lowest BCUT2D eigenvalue weighted by Gasteiger charge is -2.15. The van der Waals surface area contributed by atoms with Gasteiger partial charge in [-0.1, -0.05) is 13.3 Å². The summed E-state index contributed by atoms with van der Waals surface area (Å²) in [7, 11) is 0. The number of carboxylic acids is 1. The summed E-state index contributed by atoms with van der Waals surface area (Å²) < 4.78 is 0. The van der Waals surface area contributed by atoms with E-state index in [1.54, 1.807) is 0 Å². The maximum Gasteiger partial charge on any atom is 0.326 e. The highest BCUT2D eigenvalue weighted by atomic mass is 16.4. The Morgan fingerprint density at radius 3 is 2.56 bits per heavy atom. The Balaban J connectivity index is 2.32. The van der Waals surface area contributed by atoms with Gasteiger partial charge in [-0.2, -0.15) is 0 Å². The maximum absolute atomic E-state index is 11.5. The highest BCUT2D eigenvalue weighted by molar-refractivity contribution is 5.83. The average molecular weight is 228 g/mol. The fraction of sp³-hybridized carbons (Fsp3) is 0.818. The first kappa shape index (κ1) is 13.0. The van der Waals surface area contributed by atoms with Gasteiger partial charge in [0.1, 0.15) is 6.04 Å². The lowest BCUT2D eigenvalue weighted by atomic mass is 10.1. The molecule has 0 aromatic carbocycles. The van der Waals surface area contributed by atoms with Crippen molar-refractivity contribution in [2.45, 2.75) is 51.1 Å². The van der Waals surface area contributed by atoms with E-state index in [1.807, 2.05) is 6.92 Å². The minimum absolute atomic E-state index is 0.115. The molecule has 5 nitrogen and oxygen atoms in total. The molecule has 1 aliphatic carbocycles. The monoisotopic (exact) mass is 228 g/mol. The number of hydrogen-bond donors (Lipinski definition) is 3. The topological polar surface area (TPSA) is 92.4 Å². The molecule has 0 aromatic heterocycles. The van der Waals surface area contributed by atoms with Crippen molar-refractivity contribution in [2.75, 3.05) is 0 Å². The van der Waals surface area contributed by atoms with Crippen molar-refractivity contribution in [3.63, 3.8) is 0 Å². The summed E-state index contributed by atoms with van der Waals surface area (Å²) in [4.78, 5) is 22.3. The predicted molar refractivity (Wildman–Crippen MR) is 59.8 cm³/mol. The number of carbonyl (C=O) groups is 2. The van der Waals surface area contributed by atoms with Gasteiger partial charge in [0.15, 0.2) is 0 Å². The van der Waals surface area contributed by atoms with Gasteiger partial charge < -0.3 is 16.2 Å². The fourth-order valence-corrected chi connectivity index (χ4v) is 1.70. The van der Waals surface area contributed by atoms with E-state index in [2.05, 4.69) is 5.32 Å². The van der Waals surface area contributed by atoms with Crippen LogP contribution in [-0.4, -0.2) is 29.1 Å². The Labute approximate surface area is 95.4 Å². The highest BCUT2D eigenvalue weighted by Crippen LogP contribution is 2.32. The van der Waals surface area contributed by atoms with Gasteiger partial charge in [-0.25, -0.2) is 4.79 Å². The van der Waals surface area contributed by atoms with Crippen LogP contribution in [0.25, 0.3) is 0 Å². The van der Waals surface area contributed by atoms with Crippen molar-refractivity contribution in [3.8, 4) is 0 Å². The van der Waals surface area contributed by atoms with Gasteiger partial charge in [0.25, 0.3) is 0 Å². The summed E-state index contributed by atoms with van der Waals surface area (Å²) in [6, 6.07) is -0.889. The molecule has 2 unspecified atom stereocenters. The number of carboxylic acid groups (broad SMARTS) is 1. The lowest BCUT2D eigenvalue weighted by molar-refractivity contribution is -0.142. The third-order valence-electron chi connectivity index (χ3n) is 2.86. The van der Waals surface area contributed by atoms with E-state index in [9.17, 15) is 9.59 Å². The van der Waals surface area contributed by atoms with Gasteiger partial charge in [-0.15, -0.1) is 0 Å². The minimum atomic E-state index is -0.977. The second kappa shape index (κ2) is 5.84. The number of nitrogens with one attached hydrogen (secondary N) is 1. The van der Waals surface area contributed by atoms with Crippen LogP contribution in [0, 0.1) is 5.92 Å². The Morgan fingerprint density at radius 1 is 1.50 bits per heavy atom. The second-order valence-corrected chi connectivity index (χ2v) is 4.45. The molecular formula is C11H20N2O3. The van der Waals surface area contributed by atoms with Crippen LogP contribution < -0.4 is 11.1 Å². The van der Waals surface area contributed by atoms with Crippen LogP contribution in [-0.2, 0) is 9.59 Å². The van der Waals surface area contributed by atoms with E-state index < -0.39 is 12.0 Å². The second-order valence-electron chi connectivity index (χ2n) is 4.45. The summed E-state index contributed by atoms with van der Waals surface area (Å²) >= 11 is 0. The molecule has 5 heteroatoms. The first-order valence-electron chi connectivity index (χ1n) is 5.82. The minimum Gasteiger partial charge on any atom is -0.480 e. The summed E-state index contributed by atoms with van der Waals surface area (Å²) in [5, 5.41) is 11.4. The lowest BCUT2D eigenvalue weighted by Crippen LogP contribution is -2.43. The molecule has 4 N–H and O–H groups in total. The molecule has 1 aliphatic rings. The summed E-state index contributed by atoms with van der Waals surface area (Å²) in [6.45, 7) is 1.89. The number of hydrogen-bond acceptors (Lipinski definition) is 3. The third-order valence-corrected chi connectivity index (χ3v) is 2.86. The number of carbonyl (C=O) groups excluding carboxylic acids is 1. The molecule has 0 spiro atoms. The SMILES string of the molecule is CCCC(NC(=O)CC(N)C1CC1)C(=O)O. The van der Waals surface area contributed by atoms with Gasteiger partial charge in [-0.3, -0.25) is 4.79 Å². The molecule has 0 radical (unpaired) electrons. The summed E-state index contributed by atoms with van der Waals surface area (Å²) in [6.07, 6.45) is 3.60. The summed E-state index contributed by atoms with van der Waals surface area (Å²) in [5.41, 5.74) is 5.80. The van der Waals surface area contributed by atoms with Gasteiger partial charge in [0.2, 0.25) is 5.91 Å². The Hall–Kier alpha value is -1.10. The van der Waals surface area contributed by atoms with E-state index in [0.717, 1.165) is 19.3 Å². The Kier molecular flexibility index (Phi) is 4.73. The summed E-state index contributed by atoms with van der Waals surface area (Å²) in [5.74, 6) is -0.768. The van der Waals surface area contributed by atoms with Crippen molar-refractivity contribution in [1.82, 2.24) is 5.32 Å². The standard InChI is InChI=1S/C11H20N2O3/c1-2-3-9(11(15)16)13-10(14)6-8(12)7-4-5-7/h7-9H,2-6,12H2,1H3,(H,13,14)(H,15,16). The van der Waals surface area contributed by atoms with E-state index in [0.29, 0.717) is 12.3 Å². The van der Waals surface area contributed by atoms with Crippen LogP contribution >= 0.6 is 0 Å². The highest BCUT2D eigenvalue weighted by Gasteiger charge is 2.30. The average Bonchev–Trinajstić information content (AvgIpc) is 2.99. The molecule has 1 fully saturated rings. The van der Waals surface area contributed by atoms with Crippen LogP contribution in [0.4, 0.5) is 0 Å². The van der Waals surface area contributed by atoms with Crippen LogP contribution in [0.15, 0.2) is 0 Å². The van der Waals surface area contributed by atoms with Crippen molar-refractivity contribution in [1.29, 1.82) is 0 Å². The van der Waals surface area contributed by atoms with Crippen molar-refractivity contribution in [2.24, 2.45) is 11.7 Å². The van der Waals surface area contributed by atoms with E-state index in [1.165, 1.54) is 0 Å². The largest absolute Gasteiger partial charge is 0.480 e. The maximum atomic E-state index is 11.5. The molecule has 92 valence electrons. The normalized spacial score (nSPS) is 18.9. The van der Waals surface area contributed by atoms with E-state index in [4.69, 9.17) is 10.8 Å². The predicted octanol–water partition coefficient (Wildman–Crippen LogP) is 0.483. The number of amides is 1. The number of aliphatic carboxylic acids is 1. The quantitative estimate of drug-likeness (QED) is 0.591. The molecule has 0 bridgehead atoms. The smallest absolute Gasteiger partial charge is 0.326 e. The molecule has 1 amide bonds. The zero-order valence-electron chi connectivity index (χ0n) is 9.61. The van der Waals surface area contributed by atoms with Gasteiger partial charge in [-0.05, 0) is 25.2 Å². The molecule has 0 saturated heterocycles. The molecule has 2 atom stereocenters. The van der Waals surface area contributed by atoms with Crippen molar-refractivity contribution < 1.29 is 14.7 Å². The van der Waals surface area contributed by atoms with Crippen LogP contribution in [0.1, 0.15) is 39.0 Å². The van der Waals surface area contributed by atoms with Crippen LogP contribution in [0.3, 0.4) is 0 Å². The van der Waals surface area contributed by atoms with E-state index in [-0.39, 0.29) is 18.4 Å². The first-order chi connectivity index (χ1) is 7.54.